The average Bonchev–Trinajstić information content (AvgIpc) is 3.21. The fourth-order valence-corrected chi connectivity index (χ4v) is 2.64. The summed E-state index contributed by atoms with van der Waals surface area (Å²) in [6.45, 7) is 2.47. The molecule has 3 rings (SSSR count). The third kappa shape index (κ3) is 6.08. The van der Waals surface area contributed by atoms with Crippen molar-refractivity contribution in [3.63, 3.8) is 0 Å². The van der Waals surface area contributed by atoms with Crippen LogP contribution in [0.1, 0.15) is 25.3 Å². The summed E-state index contributed by atoms with van der Waals surface area (Å²) >= 11 is 0. The lowest BCUT2D eigenvalue weighted by atomic mass is 10.2. The molecule has 9 heteroatoms. The molecule has 2 aromatic rings. The number of esters is 1. The van der Waals surface area contributed by atoms with Crippen molar-refractivity contribution >= 4 is 5.97 Å². The smallest absolute Gasteiger partial charge is 0.417 e. The van der Waals surface area contributed by atoms with Crippen LogP contribution in [0.3, 0.4) is 0 Å². The summed E-state index contributed by atoms with van der Waals surface area (Å²) in [5.41, 5.74) is -0.853. The first-order chi connectivity index (χ1) is 13.8. The third-order valence-electron chi connectivity index (χ3n) is 4.19. The fourth-order valence-electron chi connectivity index (χ4n) is 2.64. The number of rotatable bonds is 7. The quantitative estimate of drug-likeness (QED) is 0.630. The minimum absolute atomic E-state index is 0.0257. The van der Waals surface area contributed by atoms with E-state index in [2.05, 4.69) is 4.98 Å². The molecule has 1 fully saturated rings. The number of aromatic nitrogens is 1. The summed E-state index contributed by atoms with van der Waals surface area (Å²) in [6.07, 6.45) is -2.77. The molecule has 156 valence electrons. The number of hydrogen-bond donors (Lipinski definition) is 0. The third-order valence-corrected chi connectivity index (χ3v) is 4.19. The molecule has 1 aromatic heterocycles. The van der Waals surface area contributed by atoms with E-state index in [0.717, 1.165) is 25.0 Å². The van der Waals surface area contributed by atoms with E-state index in [1.807, 2.05) is 0 Å². The molecule has 1 aliphatic rings. The Morgan fingerprint density at radius 3 is 2.52 bits per heavy atom. The van der Waals surface area contributed by atoms with Crippen molar-refractivity contribution in [3.8, 4) is 17.4 Å². The Kier molecular flexibility index (Phi) is 6.58. The van der Waals surface area contributed by atoms with Gasteiger partial charge in [0.05, 0.1) is 11.7 Å². The summed E-state index contributed by atoms with van der Waals surface area (Å²) < 4.78 is 59.2. The van der Waals surface area contributed by atoms with Crippen LogP contribution in [-0.2, 0) is 20.4 Å². The Balaban J connectivity index is 1.49. The molecule has 2 heterocycles. The molecule has 0 N–H and O–H groups in total. The Morgan fingerprint density at radius 1 is 1.21 bits per heavy atom. The van der Waals surface area contributed by atoms with Gasteiger partial charge in [-0.05, 0) is 50.1 Å². The molecule has 0 bridgehead atoms. The van der Waals surface area contributed by atoms with Gasteiger partial charge in [0.15, 0.2) is 6.10 Å². The highest BCUT2D eigenvalue weighted by Crippen LogP contribution is 2.30. The van der Waals surface area contributed by atoms with Gasteiger partial charge in [-0.15, -0.1) is 0 Å². The largest absolute Gasteiger partial charge is 0.479 e. The van der Waals surface area contributed by atoms with Gasteiger partial charge < -0.3 is 18.9 Å². The van der Waals surface area contributed by atoms with Crippen molar-refractivity contribution in [1.82, 2.24) is 4.98 Å². The number of halogens is 3. The number of ether oxygens (including phenoxy) is 4. The van der Waals surface area contributed by atoms with Gasteiger partial charge in [-0.25, -0.2) is 9.78 Å². The van der Waals surface area contributed by atoms with Crippen LogP contribution < -0.4 is 9.47 Å². The summed E-state index contributed by atoms with van der Waals surface area (Å²) in [5, 5.41) is 0. The Labute approximate surface area is 165 Å². The Morgan fingerprint density at radius 2 is 1.93 bits per heavy atom. The SMILES string of the molecule is C[C@@H](Oc1ccc(Oc2ccc(C(F)(F)F)cn2)cc1)C(=O)OCC1CCCO1. The van der Waals surface area contributed by atoms with Crippen LogP contribution in [0, 0.1) is 0 Å². The minimum Gasteiger partial charge on any atom is -0.479 e. The average molecular weight is 411 g/mol. The fraction of sp³-hybridized carbons (Fsp3) is 0.400. The Hall–Kier alpha value is -2.81. The summed E-state index contributed by atoms with van der Waals surface area (Å²) in [4.78, 5) is 15.6. The highest BCUT2D eigenvalue weighted by atomic mass is 19.4. The maximum absolute atomic E-state index is 12.5. The zero-order chi connectivity index (χ0) is 20.9. The van der Waals surface area contributed by atoms with Crippen molar-refractivity contribution in [3.05, 3.63) is 48.2 Å². The maximum Gasteiger partial charge on any atom is 0.417 e. The number of carbonyl (C=O) groups excluding carboxylic acids is 1. The summed E-state index contributed by atoms with van der Waals surface area (Å²) in [7, 11) is 0. The molecule has 1 saturated heterocycles. The van der Waals surface area contributed by atoms with Gasteiger partial charge in [-0.3, -0.25) is 0 Å². The molecule has 0 aliphatic carbocycles. The lowest BCUT2D eigenvalue weighted by Crippen LogP contribution is -2.29. The van der Waals surface area contributed by atoms with E-state index in [1.165, 1.54) is 0 Å². The van der Waals surface area contributed by atoms with E-state index in [9.17, 15) is 18.0 Å². The van der Waals surface area contributed by atoms with Crippen molar-refractivity contribution in [1.29, 1.82) is 0 Å². The molecular weight excluding hydrogens is 391 g/mol. The molecule has 0 saturated carbocycles. The van der Waals surface area contributed by atoms with Crippen molar-refractivity contribution in [2.45, 2.75) is 38.1 Å². The zero-order valence-electron chi connectivity index (χ0n) is 15.6. The first kappa shape index (κ1) is 20.9. The maximum atomic E-state index is 12.5. The van der Waals surface area contributed by atoms with E-state index in [4.69, 9.17) is 18.9 Å². The van der Waals surface area contributed by atoms with Crippen LogP contribution >= 0.6 is 0 Å². The van der Waals surface area contributed by atoms with E-state index in [0.29, 0.717) is 24.3 Å². The summed E-state index contributed by atoms with van der Waals surface area (Å²) in [6, 6.07) is 8.29. The lowest BCUT2D eigenvalue weighted by Gasteiger charge is -2.16. The predicted octanol–water partition coefficient (Wildman–Crippen LogP) is 4.38. The van der Waals surface area contributed by atoms with E-state index < -0.39 is 23.8 Å². The van der Waals surface area contributed by atoms with Gasteiger partial charge in [-0.1, -0.05) is 0 Å². The molecule has 0 spiro atoms. The number of nitrogens with zero attached hydrogens (tertiary/aromatic N) is 1. The molecule has 1 aliphatic heterocycles. The molecule has 0 amide bonds. The zero-order valence-corrected chi connectivity index (χ0v) is 15.6. The highest BCUT2D eigenvalue weighted by molar-refractivity contribution is 5.74. The van der Waals surface area contributed by atoms with Gasteiger partial charge in [-0.2, -0.15) is 13.2 Å². The summed E-state index contributed by atoms with van der Waals surface area (Å²) in [5.74, 6) is 0.310. The first-order valence-corrected chi connectivity index (χ1v) is 9.07. The molecule has 1 aromatic carbocycles. The molecule has 6 nitrogen and oxygen atoms in total. The van der Waals surface area contributed by atoms with Crippen molar-refractivity contribution in [2.75, 3.05) is 13.2 Å². The molecule has 1 unspecified atom stereocenters. The molecular formula is C20H20F3NO5. The second kappa shape index (κ2) is 9.13. The van der Waals surface area contributed by atoms with Crippen LogP contribution in [0.5, 0.6) is 17.4 Å². The molecule has 29 heavy (non-hydrogen) atoms. The van der Waals surface area contributed by atoms with E-state index in [1.54, 1.807) is 31.2 Å². The van der Waals surface area contributed by atoms with Gasteiger partial charge in [0, 0.05) is 18.9 Å². The van der Waals surface area contributed by atoms with Crippen LogP contribution in [-0.4, -0.2) is 36.4 Å². The first-order valence-electron chi connectivity index (χ1n) is 9.07. The number of benzene rings is 1. The topological polar surface area (TPSA) is 66.9 Å². The second-order valence-corrected chi connectivity index (χ2v) is 6.48. The minimum atomic E-state index is -4.45. The highest BCUT2D eigenvalue weighted by Gasteiger charge is 2.30. The van der Waals surface area contributed by atoms with Gasteiger partial charge >= 0.3 is 12.1 Å². The number of pyridine rings is 1. The monoisotopic (exact) mass is 411 g/mol. The standard InChI is InChI=1S/C20H20F3NO5/c1-13(19(25)27-12-17-3-2-10-26-17)28-15-5-7-16(8-6-15)29-18-9-4-14(11-24-18)20(21,22)23/h4-9,11,13,17H,2-3,10,12H2,1H3/t13-,17?/m1/s1. The number of hydrogen-bond acceptors (Lipinski definition) is 6. The van der Waals surface area contributed by atoms with Crippen molar-refractivity contribution in [2.24, 2.45) is 0 Å². The van der Waals surface area contributed by atoms with Crippen molar-refractivity contribution < 1.29 is 36.9 Å². The van der Waals surface area contributed by atoms with Gasteiger partial charge in [0.1, 0.15) is 18.1 Å². The lowest BCUT2D eigenvalue weighted by molar-refractivity contribution is -0.154. The van der Waals surface area contributed by atoms with Crippen LogP contribution in [0.2, 0.25) is 0 Å². The van der Waals surface area contributed by atoms with Crippen LogP contribution in [0.15, 0.2) is 42.6 Å². The number of alkyl halides is 3. The second-order valence-electron chi connectivity index (χ2n) is 6.48. The molecule has 0 radical (unpaired) electrons. The number of carbonyl (C=O) groups is 1. The molecule has 2 atom stereocenters. The van der Waals surface area contributed by atoms with E-state index in [-0.39, 0.29) is 18.6 Å². The van der Waals surface area contributed by atoms with Gasteiger partial charge in [0.2, 0.25) is 5.88 Å². The normalized spacial score (nSPS) is 17.6. The van der Waals surface area contributed by atoms with Crippen LogP contribution in [0.4, 0.5) is 13.2 Å². The Bertz CT molecular complexity index is 802. The van der Waals surface area contributed by atoms with Crippen LogP contribution in [0.25, 0.3) is 0 Å². The predicted molar refractivity (Wildman–Crippen MR) is 95.8 cm³/mol. The van der Waals surface area contributed by atoms with E-state index >= 15 is 0 Å². The van der Waals surface area contributed by atoms with Gasteiger partial charge in [0.25, 0.3) is 0 Å².